The van der Waals surface area contributed by atoms with Gasteiger partial charge in [0.25, 0.3) is 0 Å². The molecule has 0 spiro atoms. The summed E-state index contributed by atoms with van der Waals surface area (Å²) in [6, 6.07) is 10.1. The molecular weight excluding hydrogens is 468 g/mol. The maximum atomic E-state index is 14.6. The molecule has 1 aliphatic rings. The van der Waals surface area contributed by atoms with Gasteiger partial charge < -0.3 is 24.7 Å². The molecule has 2 N–H and O–H groups in total. The van der Waals surface area contributed by atoms with Gasteiger partial charge in [-0.05, 0) is 29.8 Å². The Kier molecular flexibility index (Phi) is 5.89. The molecule has 35 heavy (non-hydrogen) atoms. The monoisotopic (exact) mass is 488 g/mol. The zero-order chi connectivity index (χ0) is 24.6. The summed E-state index contributed by atoms with van der Waals surface area (Å²) in [4.78, 5) is 11.6. The second-order valence-corrected chi connectivity index (χ2v) is 8.05. The third kappa shape index (κ3) is 4.97. The highest BCUT2D eigenvalue weighted by Gasteiger charge is 2.31. The van der Waals surface area contributed by atoms with Crippen molar-refractivity contribution in [2.45, 2.75) is 18.8 Å². The van der Waals surface area contributed by atoms with E-state index in [1.807, 2.05) is 6.07 Å². The predicted molar refractivity (Wildman–Crippen MR) is 120 cm³/mol. The summed E-state index contributed by atoms with van der Waals surface area (Å²) in [5.41, 5.74) is 1.52. The molecule has 1 fully saturated rings. The molecule has 2 aromatic carbocycles. The van der Waals surface area contributed by atoms with Gasteiger partial charge in [-0.1, -0.05) is 12.1 Å². The summed E-state index contributed by atoms with van der Waals surface area (Å²) in [6.07, 6.45) is -3.18. The predicted octanol–water partition coefficient (Wildman–Crippen LogP) is 4.74. The number of imidazole rings is 1. The lowest BCUT2D eigenvalue weighted by molar-refractivity contribution is -0.138. The molecule has 0 unspecified atom stereocenters. The average Bonchev–Trinajstić information content (AvgIpc) is 3.12. The number of rotatable bonds is 7. The van der Waals surface area contributed by atoms with E-state index >= 15 is 0 Å². The van der Waals surface area contributed by atoms with E-state index in [-0.39, 0.29) is 17.6 Å². The molecule has 0 bridgehead atoms. The molecule has 0 amide bonds. The van der Waals surface area contributed by atoms with Crippen LogP contribution in [-0.4, -0.2) is 38.8 Å². The van der Waals surface area contributed by atoms with Gasteiger partial charge >= 0.3 is 12.2 Å². The minimum absolute atomic E-state index is 0.176. The van der Waals surface area contributed by atoms with E-state index in [9.17, 15) is 17.6 Å². The first-order chi connectivity index (χ1) is 16.8. The molecule has 0 radical (unpaired) electrons. The maximum Gasteiger partial charge on any atom is 0.419 e. The van der Waals surface area contributed by atoms with E-state index in [0.29, 0.717) is 55.1 Å². The summed E-state index contributed by atoms with van der Waals surface area (Å²) < 4.78 is 64.8. The highest BCUT2D eigenvalue weighted by molar-refractivity contribution is 5.83. The van der Waals surface area contributed by atoms with Crippen LogP contribution in [0.25, 0.3) is 11.0 Å². The Morgan fingerprint density at radius 2 is 1.83 bits per heavy atom. The van der Waals surface area contributed by atoms with Gasteiger partial charge in [-0.2, -0.15) is 13.2 Å². The Balaban J connectivity index is 1.23. The van der Waals surface area contributed by atoms with Crippen LogP contribution in [0.2, 0.25) is 0 Å². The van der Waals surface area contributed by atoms with E-state index in [1.54, 1.807) is 35.9 Å². The number of fused-ring (bicyclic) bond motifs is 1. The zero-order valence-corrected chi connectivity index (χ0v) is 18.4. The number of aryl methyl sites for hydroxylation is 1. The fourth-order valence-electron chi connectivity index (χ4n) is 3.52. The van der Waals surface area contributed by atoms with Crippen molar-refractivity contribution in [2.24, 2.45) is 7.05 Å². The number of benzene rings is 2. The second-order valence-electron chi connectivity index (χ2n) is 8.05. The van der Waals surface area contributed by atoms with Crippen molar-refractivity contribution in [3.8, 4) is 11.8 Å². The largest absolute Gasteiger partial charge is 0.424 e. The van der Waals surface area contributed by atoms with Crippen molar-refractivity contribution < 1.29 is 27.0 Å². The highest BCUT2D eigenvalue weighted by atomic mass is 19.4. The number of ether oxygens (including phenoxy) is 2. The third-order valence-electron chi connectivity index (χ3n) is 5.49. The Morgan fingerprint density at radius 3 is 2.46 bits per heavy atom. The van der Waals surface area contributed by atoms with Crippen LogP contribution in [-0.2, 0) is 24.5 Å². The zero-order valence-electron chi connectivity index (χ0n) is 18.4. The summed E-state index contributed by atoms with van der Waals surface area (Å²) >= 11 is 0. The van der Waals surface area contributed by atoms with Crippen LogP contribution < -0.4 is 15.4 Å². The van der Waals surface area contributed by atoms with Crippen LogP contribution in [0, 0.1) is 5.82 Å². The fraction of sp³-hybridized carbons (Fsp3) is 0.261. The number of halogens is 4. The van der Waals surface area contributed by atoms with Gasteiger partial charge in [0.05, 0.1) is 30.3 Å². The van der Waals surface area contributed by atoms with Crippen LogP contribution in [0.4, 0.5) is 29.2 Å². The molecule has 4 aromatic rings. The van der Waals surface area contributed by atoms with E-state index in [2.05, 4.69) is 25.6 Å². The normalized spacial score (nSPS) is 14.1. The molecule has 182 valence electrons. The van der Waals surface area contributed by atoms with Crippen molar-refractivity contribution >= 4 is 22.7 Å². The van der Waals surface area contributed by atoms with Crippen molar-refractivity contribution in [1.82, 2.24) is 19.5 Å². The van der Waals surface area contributed by atoms with Crippen molar-refractivity contribution in [1.29, 1.82) is 0 Å². The van der Waals surface area contributed by atoms with E-state index in [0.717, 1.165) is 5.56 Å². The number of nitrogens with zero attached hydrogens (tertiary/aromatic N) is 4. The molecule has 2 aromatic heterocycles. The topological polar surface area (TPSA) is 86.1 Å². The lowest BCUT2D eigenvalue weighted by Gasteiger charge is -2.27. The average molecular weight is 488 g/mol. The quantitative estimate of drug-likeness (QED) is 0.364. The lowest BCUT2D eigenvalue weighted by atomic mass is 10.2. The number of nitrogens with one attached hydrogen (secondary N) is 2. The molecule has 0 atom stereocenters. The first-order valence-electron chi connectivity index (χ1n) is 10.7. The standard InChI is InChI=1S/C23H20F4N6O2/c1-33-19-7-15(31-16-11-34-12-16)6-18(24)20(19)32-21(33)28-8-13-2-4-17(5-3-13)35-22-29-9-14(10-30-22)23(25,26)27/h2-7,9-10,16,31H,8,11-12H2,1H3,(H,28,32). The number of hydrogen-bond acceptors (Lipinski definition) is 7. The van der Waals surface area contributed by atoms with Crippen molar-refractivity contribution in [2.75, 3.05) is 23.8 Å². The van der Waals surface area contributed by atoms with Crippen molar-refractivity contribution in [3.05, 3.63) is 65.7 Å². The first-order valence-corrected chi connectivity index (χ1v) is 10.7. The van der Waals surface area contributed by atoms with Gasteiger partial charge in [-0.3, -0.25) is 0 Å². The minimum Gasteiger partial charge on any atom is -0.424 e. The van der Waals surface area contributed by atoms with Gasteiger partial charge in [0, 0.05) is 31.7 Å². The van der Waals surface area contributed by atoms with Gasteiger partial charge in [0.2, 0.25) is 5.95 Å². The van der Waals surface area contributed by atoms with Gasteiger partial charge in [0.1, 0.15) is 11.3 Å². The van der Waals surface area contributed by atoms with Crippen LogP contribution in [0.5, 0.6) is 11.8 Å². The highest BCUT2D eigenvalue weighted by Crippen LogP contribution is 2.29. The van der Waals surface area contributed by atoms with Gasteiger partial charge in [0.15, 0.2) is 5.82 Å². The minimum atomic E-state index is -4.51. The van der Waals surface area contributed by atoms with Gasteiger partial charge in [-0.25, -0.2) is 19.3 Å². The molecular formula is C23H20F4N6O2. The molecule has 1 saturated heterocycles. The van der Waals surface area contributed by atoms with E-state index in [4.69, 9.17) is 9.47 Å². The summed E-state index contributed by atoms with van der Waals surface area (Å²) in [5.74, 6) is 0.456. The number of anilines is 2. The Hall–Kier alpha value is -3.93. The molecule has 3 heterocycles. The fourth-order valence-corrected chi connectivity index (χ4v) is 3.52. The molecule has 5 rings (SSSR count). The summed E-state index contributed by atoms with van der Waals surface area (Å²) in [6.45, 7) is 1.60. The smallest absolute Gasteiger partial charge is 0.419 e. The van der Waals surface area contributed by atoms with Crippen LogP contribution in [0.15, 0.2) is 48.8 Å². The van der Waals surface area contributed by atoms with Crippen molar-refractivity contribution in [3.63, 3.8) is 0 Å². The number of alkyl halides is 3. The second kappa shape index (κ2) is 9.02. The molecule has 1 aliphatic heterocycles. The molecule has 12 heteroatoms. The molecule has 8 nitrogen and oxygen atoms in total. The molecule has 0 aliphatic carbocycles. The lowest BCUT2D eigenvalue weighted by Crippen LogP contribution is -2.40. The Morgan fingerprint density at radius 1 is 1.11 bits per heavy atom. The SMILES string of the molecule is Cn1c(NCc2ccc(Oc3ncc(C(F)(F)F)cn3)cc2)nc2c(F)cc(NC3COC3)cc21. The maximum absolute atomic E-state index is 14.6. The Labute approximate surface area is 196 Å². The Bertz CT molecular complexity index is 1340. The van der Waals surface area contributed by atoms with Gasteiger partial charge in [-0.15, -0.1) is 0 Å². The summed E-state index contributed by atoms with van der Waals surface area (Å²) in [7, 11) is 1.80. The number of aromatic nitrogens is 4. The van der Waals surface area contributed by atoms with E-state index in [1.165, 1.54) is 6.07 Å². The molecule has 0 saturated carbocycles. The number of hydrogen-bond donors (Lipinski definition) is 2. The van der Waals surface area contributed by atoms with Crippen LogP contribution in [0.3, 0.4) is 0 Å². The summed E-state index contributed by atoms with van der Waals surface area (Å²) in [5, 5.41) is 6.43. The van der Waals surface area contributed by atoms with E-state index < -0.39 is 17.6 Å². The van der Waals surface area contributed by atoms with Crippen LogP contribution in [0.1, 0.15) is 11.1 Å². The third-order valence-corrected chi connectivity index (χ3v) is 5.49. The first kappa shape index (κ1) is 22.8. The van der Waals surface area contributed by atoms with Crippen LogP contribution >= 0.6 is 0 Å².